The maximum absolute atomic E-state index is 12.1. The Morgan fingerprint density at radius 3 is 2.61 bits per heavy atom. The van der Waals surface area contributed by atoms with Crippen molar-refractivity contribution in [2.45, 2.75) is 26.3 Å². The van der Waals surface area contributed by atoms with Gasteiger partial charge in [0.25, 0.3) is 0 Å². The van der Waals surface area contributed by atoms with Gasteiger partial charge in [-0.25, -0.2) is 14.8 Å². The van der Waals surface area contributed by atoms with Crippen LogP contribution in [0.4, 0.5) is 0 Å². The molecule has 0 radical (unpaired) electrons. The number of aromatic nitrogens is 4. The second kappa shape index (κ2) is 8.90. The summed E-state index contributed by atoms with van der Waals surface area (Å²) in [6.45, 7) is 6.01. The number of pyridine rings is 1. The predicted octanol–water partition coefficient (Wildman–Crippen LogP) is 4.55. The van der Waals surface area contributed by atoms with Crippen LogP contribution in [0.2, 0.25) is 0 Å². The lowest BCUT2D eigenvalue weighted by Crippen LogP contribution is -2.06. The van der Waals surface area contributed by atoms with Crippen LogP contribution in [0.25, 0.3) is 33.6 Å². The minimum Gasteiger partial charge on any atom is -0.494 e. The van der Waals surface area contributed by atoms with Crippen LogP contribution in [-0.2, 0) is 18.3 Å². The molecule has 3 aromatic heterocycles. The second-order valence-electron chi connectivity index (χ2n) is 7.81. The number of ketones is 1. The van der Waals surface area contributed by atoms with Crippen LogP contribution < -0.4 is 4.74 Å². The molecule has 0 fully saturated rings. The fraction of sp³-hybridized carbons (Fsp3) is 0.280. The maximum Gasteiger partial charge on any atom is 0.338 e. The number of benzene rings is 1. The fourth-order valence-electron chi connectivity index (χ4n) is 4.06. The molecule has 8 heteroatoms. The summed E-state index contributed by atoms with van der Waals surface area (Å²) in [5.74, 6) is 0.689. The first-order chi connectivity index (χ1) is 15.9. The second-order valence-corrected chi connectivity index (χ2v) is 7.81. The lowest BCUT2D eigenvalue weighted by atomic mass is 10.2. The van der Waals surface area contributed by atoms with Gasteiger partial charge in [0.15, 0.2) is 11.6 Å². The van der Waals surface area contributed by atoms with Crippen LogP contribution in [0.5, 0.6) is 5.75 Å². The van der Waals surface area contributed by atoms with Crippen molar-refractivity contribution in [3.8, 4) is 17.3 Å². The van der Waals surface area contributed by atoms with E-state index >= 15 is 0 Å². The molecule has 4 rings (SSSR count). The van der Waals surface area contributed by atoms with E-state index in [1.54, 1.807) is 25.3 Å². The van der Waals surface area contributed by atoms with Gasteiger partial charge in [0, 0.05) is 25.9 Å². The quantitative estimate of drug-likeness (QED) is 0.171. The van der Waals surface area contributed by atoms with Gasteiger partial charge >= 0.3 is 5.97 Å². The highest BCUT2D eigenvalue weighted by Gasteiger charge is 2.22. The summed E-state index contributed by atoms with van der Waals surface area (Å²) in [6, 6.07) is 9.02. The zero-order chi connectivity index (χ0) is 23.7. The number of unbranched alkanes of at least 4 members (excludes halogenated alkanes) is 1. The highest BCUT2D eigenvalue weighted by atomic mass is 16.5. The van der Waals surface area contributed by atoms with Crippen molar-refractivity contribution < 1.29 is 19.1 Å². The van der Waals surface area contributed by atoms with Gasteiger partial charge in [-0.15, -0.1) is 6.58 Å². The Hall–Kier alpha value is -3.94. The van der Waals surface area contributed by atoms with Gasteiger partial charge in [0.2, 0.25) is 0 Å². The van der Waals surface area contributed by atoms with E-state index in [1.807, 2.05) is 29.8 Å². The Balaban J connectivity index is 1.97. The molecule has 3 heterocycles. The normalized spacial score (nSPS) is 11.2. The summed E-state index contributed by atoms with van der Waals surface area (Å²) in [5, 5.41) is 0.919. The van der Waals surface area contributed by atoms with Gasteiger partial charge in [-0.3, -0.25) is 4.79 Å². The first-order valence-electron chi connectivity index (χ1n) is 10.6. The minimum atomic E-state index is -0.457. The molecular formula is C25H26N4O4. The summed E-state index contributed by atoms with van der Waals surface area (Å²) >= 11 is 0. The summed E-state index contributed by atoms with van der Waals surface area (Å²) in [7, 11) is 4.81. The molecule has 4 aromatic rings. The van der Waals surface area contributed by atoms with Gasteiger partial charge in [-0.1, -0.05) is 6.08 Å². The molecule has 170 valence electrons. The standard InChI is InChI=1S/C25H26N4O4/c1-6-7-8-11-29-20(13-16-9-10-18(15(2)30)26-23(16)29)24-27-19-12-17(25(31)33-5)14-21(32-4)22(19)28(24)3/h6,9-10,12-14H,1,7-8,11H2,2-5H3. The average Bonchev–Trinajstić information content (AvgIpc) is 3.34. The average molecular weight is 447 g/mol. The van der Waals surface area contributed by atoms with E-state index in [-0.39, 0.29) is 5.78 Å². The van der Waals surface area contributed by atoms with Crippen molar-refractivity contribution >= 4 is 33.8 Å². The van der Waals surface area contributed by atoms with Crippen molar-refractivity contribution in [1.29, 1.82) is 0 Å². The molecule has 1 aromatic carbocycles. The molecule has 0 unspecified atom stereocenters. The van der Waals surface area contributed by atoms with E-state index in [1.165, 1.54) is 14.0 Å². The molecule has 33 heavy (non-hydrogen) atoms. The molecule has 0 aliphatic carbocycles. The van der Waals surface area contributed by atoms with Crippen LogP contribution in [0.15, 0.2) is 43.0 Å². The summed E-state index contributed by atoms with van der Waals surface area (Å²) in [4.78, 5) is 33.5. The molecule has 0 amide bonds. The Bertz CT molecular complexity index is 1400. The molecule has 0 N–H and O–H groups in total. The van der Waals surface area contributed by atoms with E-state index < -0.39 is 5.97 Å². The Morgan fingerprint density at radius 2 is 1.94 bits per heavy atom. The number of esters is 1. The number of allylic oxidation sites excluding steroid dienone is 1. The number of methoxy groups -OCH3 is 2. The maximum atomic E-state index is 12.1. The van der Waals surface area contributed by atoms with E-state index in [4.69, 9.17) is 14.5 Å². The Morgan fingerprint density at radius 1 is 1.15 bits per heavy atom. The van der Waals surface area contributed by atoms with Crippen LogP contribution >= 0.6 is 0 Å². The third-order valence-corrected chi connectivity index (χ3v) is 5.70. The van der Waals surface area contributed by atoms with Crippen LogP contribution in [0.1, 0.15) is 40.6 Å². The topological polar surface area (TPSA) is 88.2 Å². The van der Waals surface area contributed by atoms with Crippen molar-refractivity contribution in [2.75, 3.05) is 14.2 Å². The highest BCUT2D eigenvalue weighted by molar-refractivity contribution is 5.98. The predicted molar refractivity (Wildman–Crippen MR) is 127 cm³/mol. The van der Waals surface area contributed by atoms with E-state index in [2.05, 4.69) is 16.1 Å². The highest BCUT2D eigenvalue weighted by Crippen LogP contribution is 2.34. The van der Waals surface area contributed by atoms with Gasteiger partial charge < -0.3 is 18.6 Å². The van der Waals surface area contributed by atoms with Crippen molar-refractivity contribution in [3.63, 3.8) is 0 Å². The fourth-order valence-corrected chi connectivity index (χ4v) is 4.06. The number of nitrogens with zero attached hydrogens (tertiary/aromatic N) is 4. The molecular weight excluding hydrogens is 420 g/mol. The number of hydrogen-bond donors (Lipinski definition) is 0. The minimum absolute atomic E-state index is 0.0832. The summed E-state index contributed by atoms with van der Waals surface area (Å²) in [5.41, 5.74) is 3.77. The summed E-state index contributed by atoms with van der Waals surface area (Å²) < 4.78 is 14.5. The number of imidazole rings is 1. The smallest absolute Gasteiger partial charge is 0.338 e. The molecule has 8 nitrogen and oxygen atoms in total. The molecule has 0 aliphatic heterocycles. The Kier molecular flexibility index (Phi) is 6.00. The number of carbonyl (C=O) groups is 2. The number of ether oxygens (including phenoxy) is 2. The van der Waals surface area contributed by atoms with Crippen molar-refractivity contribution in [2.24, 2.45) is 7.05 Å². The van der Waals surface area contributed by atoms with Gasteiger partial charge in [-0.2, -0.15) is 0 Å². The number of fused-ring (bicyclic) bond motifs is 2. The zero-order valence-electron chi connectivity index (χ0n) is 19.2. The third-order valence-electron chi connectivity index (χ3n) is 5.70. The van der Waals surface area contributed by atoms with Crippen molar-refractivity contribution in [3.05, 3.63) is 54.2 Å². The molecule has 0 atom stereocenters. The molecule has 0 saturated carbocycles. The third kappa shape index (κ3) is 3.88. The van der Waals surface area contributed by atoms with E-state index in [9.17, 15) is 9.59 Å². The van der Waals surface area contributed by atoms with Crippen LogP contribution in [-0.4, -0.2) is 45.1 Å². The van der Waals surface area contributed by atoms with Gasteiger partial charge in [-0.05, 0) is 43.2 Å². The van der Waals surface area contributed by atoms with Crippen LogP contribution in [0.3, 0.4) is 0 Å². The monoisotopic (exact) mass is 446 g/mol. The van der Waals surface area contributed by atoms with Crippen LogP contribution in [0, 0.1) is 0 Å². The van der Waals surface area contributed by atoms with Gasteiger partial charge in [0.05, 0.1) is 31.0 Å². The molecule has 0 aliphatic rings. The molecule has 0 bridgehead atoms. The number of carbonyl (C=O) groups excluding carboxylic acids is 2. The van der Waals surface area contributed by atoms with Crippen molar-refractivity contribution in [1.82, 2.24) is 19.1 Å². The molecule has 0 spiro atoms. The number of aryl methyl sites for hydroxylation is 2. The first kappa shape index (κ1) is 22.3. The number of hydrogen-bond acceptors (Lipinski definition) is 6. The van der Waals surface area contributed by atoms with Gasteiger partial charge in [0.1, 0.15) is 22.6 Å². The first-order valence-corrected chi connectivity index (χ1v) is 10.6. The lowest BCUT2D eigenvalue weighted by molar-refractivity contribution is 0.0600. The zero-order valence-corrected chi connectivity index (χ0v) is 19.2. The van der Waals surface area contributed by atoms with E-state index in [0.29, 0.717) is 34.9 Å². The number of Topliss-reactive ketones (excluding diaryl/α,β-unsaturated/α-hetero) is 1. The summed E-state index contributed by atoms with van der Waals surface area (Å²) in [6.07, 6.45) is 3.60. The largest absolute Gasteiger partial charge is 0.494 e. The van der Waals surface area contributed by atoms with E-state index in [0.717, 1.165) is 35.1 Å². The lowest BCUT2D eigenvalue weighted by Gasteiger charge is -2.11. The number of rotatable bonds is 8. The Labute approximate surface area is 191 Å². The molecule has 0 saturated heterocycles. The SMILES string of the molecule is C=CCCCn1c(-c2nc3cc(C(=O)OC)cc(OC)c3n2C)cc2ccc(C(C)=O)nc21.